The molecular weight excluding hydrogens is 410 g/mol. The van der Waals surface area contributed by atoms with Gasteiger partial charge in [0.25, 0.3) is 5.91 Å². The molecule has 5 rings (SSSR count). The molecule has 0 aliphatic carbocycles. The van der Waals surface area contributed by atoms with E-state index in [-0.39, 0.29) is 55.0 Å². The fourth-order valence-corrected chi connectivity index (χ4v) is 3.69. The van der Waals surface area contributed by atoms with E-state index < -0.39 is 30.4 Å². The normalized spacial score (nSPS) is 19.2. The first-order valence-electron chi connectivity index (χ1n) is 10.9. The van der Waals surface area contributed by atoms with Crippen LogP contribution in [0.25, 0.3) is 0 Å². The SMILES string of the molecule is [2H]C([2H])([2H])c1noc(C[C@H]2COc3cc(F)ccc3N2Cc2cc3c(cc2F)OCC(=O)N3)n1. The van der Waals surface area contributed by atoms with E-state index in [1.807, 2.05) is 0 Å². The summed E-state index contributed by atoms with van der Waals surface area (Å²) in [5, 5.41) is 6.17. The lowest BCUT2D eigenvalue weighted by atomic mass is 10.1. The minimum absolute atomic E-state index is 0.0297. The van der Waals surface area contributed by atoms with Crippen LogP contribution in [-0.2, 0) is 17.8 Å². The maximum absolute atomic E-state index is 14.9. The van der Waals surface area contributed by atoms with Crippen molar-refractivity contribution in [3.63, 3.8) is 0 Å². The van der Waals surface area contributed by atoms with Gasteiger partial charge in [-0.1, -0.05) is 5.16 Å². The third-order valence-electron chi connectivity index (χ3n) is 5.10. The van der Waals surface area contributed by atoms with Crippen molar-refractivity contribution >= 4 is 17.3 Å². The first-order chi connectivity index (χ1) is 16.2. The molecule has 1 N–H and O–H groups in total. The number of rotatable bonds is 4. The monoisotopic (exact) mass is 431 g/mol. The lowest BCUT2D eigenvalue weighted by molar-refractivity contribution is -0.118. The molecule has 2 aliphatic heterocycles. The highest BCUT2D eigenvalue weighted by Gasteiger charge is 2.31. The summed E-state index contributed by atoms with van der Waals surface area (Å²) in [5.74, 6) is -1.23. The number of anilines is 2. The zero-order valence-electron chi connectivity index (χ0n) is 19.0. The number of carbonyl (C=O) groups excluding carboxylic acids is 1. The quantitative estimate of drug-likeness (QED) is 0.679. The van der Waals surface area contributed by atoms with Gasteiger partial charge in [-0.25, -0.2) is 8.78 Å². The van der Waals surface area contributed by atoms with Crippen LogP contribution in [-0.4, -0.2) is 35.3 Å². The van der Waals surface area contributed by atoms with Gasteiger partial charge < -0.3 is 24.2 Å². The van der Waals surface area contributed by atoms with Gasteiger partial charge in [0.1, 0.15) is 29.7 Å². The summed E-state index contributed by atoms with van der Waals surface area (Å²) < 4.78 is 67.1. The first-order valence-corrected chi connectivity index (χ1v) is 9.44. The summed E-state index contributed by atoms with van der Waals surface area (Å²) in [6, 6.07) is 6.22. The van der Waals surface area contributed by atoms with Gasteiger partial charge >= 0.3 is 0 Å². The van der Waals surface area contributed by atoms with Gasteiger partial charge in [-0.3, -0.25) is 4.79 Å². The number of ether oxygens (including phenoxy) is 2. The molecule has 3 aromatic rings. The molecule has 31 heavy (non-hydrogen) atoms. The Kier molecular flexibility index (Phi) is 3.90. The van der Waals surface area contributed by atoms with Gasteiger partial charge in [-0.15, -0.1) is 0 Å². The molecule has 0 bridgehead atoms. The summed E-state index contributed by atoms with van der Waals surface area (Å²) >= 11 is 0. The molecule has 8 nitrogen and oxygen atoms in total. The second-order valence-electron chi connectivity index (χ2n) is 7.20. The Labute approximate surface area is 180 Å². The lowest BCUT2D eigenvalue weighted by Crippen LogP contribution is -2.44. The summed E-state index contributed by atoms with van der Waals surface area (Å²) in [4.78, 5) is 17.4. The number of aryl methyl sites for hydroxylation is 1. The van der Waals surface area contributed by atoms with Gasteiger partial charge in [0.2, 0.25) is 5.89 Å². The molecule has 1 amide bonds. The van der Waals surface area contributed by atoms with Gasteiger partial charge in [0.05, 0.1) is 23.8 Å². The maximum atomic E-state index is 14.9. The largest absolute Gasteiger partial charge is 0.489 e. The molecule has 0 saturated carbocycles. The molecule has 0 spiro atoms. The number of aromatic nitrogens is 2. The Bertz CT molecular complexity index is 1270. The molecule has 0 fully saturated rings. The number of nitrogens with zero attached hydrogens (tertiary/aromatic N) is 3. The molecule has 2 aliphatic rings. The van der Waals surface area contributed by atoms with Crippen molar-refractivity contribution in [1.82, 2.24) is 10.1 Å². The molecule has 0 radical (unpaired) electrons. The molecule has 0 saturated heterocycles. The summed E-state index contributed by atoms with van der Waals surface area (Å²) in [7, 11) is 0. The second-order valence-corrected chi connectivity index (χ2v) is 7.20. The minimum Gasteiger partial charge on any atom is -0.489 e. The highest BCUT2D eigenvalue weighted by Crippen LogP contribution is 2.38. The van der Waals surface area contributed by atoms with Crippen LogP contribution < -0.4 is 19.7 Å². The van der Waals surface area contributed by atoms with Crippen LogP contribution in [0.4, 0.5) is 20.2 Å². The van der Waals surface area contributed by atoms with E-state index in [1.165, 1.54) is 30.3 Å². The fraction of sp³-hybridized carbons (Fsp3) is 0.286. The van der Waals surface area contributed by atoms with Gasteiger partial charge in [0.15, 0.2) is 12.4 Å². The van der Waals surface area contributed by atoms with Crippen molar-refractivity contribution in [2.75, 3.05) is 23.4 Å². The molecule has 1 atom stereocenters. The molecule has 10 heteroatoms. The van der Waals surface area contributed by atoms with Gasteiger partial charge in [0, 0.05) is 28.4 Å². The highest BCUT2D eigenvalue weighted by molar-refractivity contribution is 5.95. The molecule has 1 aromatic heterocycles. The number of nitrogens with one attached hydrogen (secondary N) is 1. The summed E-state index contributed by atoms with van der Waals surface area (Å²) in [6.07, 6.45) is 0.103. The number of carbonyl (C=O) groups is 1. The Hall–Kier alpha value is -3.69. The van der Waals surface area contributed by atoms with E-state index in [1.54, 1.807) is 4.90 Å². The lowest BCUT2D eigenvalue weighted by Gasteiger charge is -2.38. The number of hydrogen-bond acceptors (Lipinski definition) is 7. The number of benzene rings is 2. The Morgan fingerprint density at radius 1 is 1.26 bits per heavy atom. The fourth-order valence-electron chi connectivity index (χ4n) is 3.69. The minimum atomic E-state index is -2.52. The van der Waals surface area contributed by atoms with Crippen LogP contribution in [0.15, 0.2) is 34.9 Å². The Morgan fingerprint density at radius 2 is 2.16 bits per heavy atom. The topological polar surface area (TPSA) is 89.7 Å². The van der Waals surface area contributed by atoms with Crippen molar-refractivity contribution in [1.29, 1.82) is 0 Å². The standard InChI is InChI=1S/C21H18F2N4O4/c1-11-24-21(31-26-11)6-14-9-29-19-5-13(22)2-3-17(19)27(14)8-12-4-16-18(7-15(12)23)30-10-20(28)25-16/h2-5,7,14H,6,8-10H2,1H3,(H,25,28)/t14-/m0/s1/i1D3. The number of amides is 1. The Balaban J connectivity index is 1.48. The maximum Gasteiger partial charge on any atom is 0.262 e. The van der Waals surface area contributed by atoms with Crippen LogP contribution in [0.3, 0.4) is 0 Å². The molecule has 3 heterocycles. The van der Waals surface area contributed by atoms with E-state index in [4.69, 9.17) is 18.1 Å². The van der Waals surface area contributed by atoms with E-state index >= 15 is 0 Å². The summed E-state index contributed by atoms with van der Waals surface area (Å²) in [5.41, 5.74) is 1.10. The van der Waals surface area contributed by atoms with Crippen LogP contribution in [0.1, 0.15) is 21.4 Å². The van der Waals surface area contributed by atoms with Crippen LogP contribution in [0.2, 0.25) is 0 Å². The number of hydrogen-bond donors (Lipinski definition) is 1. The summed E-state index contributed by atoms with van der Waals surface area (Å²) in [6.45, 7) is -2.61. The second kappa shape index (κ2) is 7.53. The zero-order chi connectivity index (χ0) is 24.0. The van der Waals surface area contributed by atoms with E-state index in [0.29, 0.717) is 11.4 Å². The molecule has 2 aromatic carbocycles. The smallest absolute Gasteiger partial charge is 0.262 e. The Morgan fingerprint density at radius 3 is 3.00 bits per heavy atom. The van der Waals surface area contributed by atoms with Crippen molar-refractivity contribution in [2.24, 2.45) is 0 Å². The van der Waals surface area contributed by atoms with Crippen LogP contribution in [0.5, 0.6) is 11.5 Å². The van der Waals surface area contributed by atoms with Crippen LogP contribution in [0, 0.1) is 18.5 Å². The van der Waals surface area contributed by atoms with Crippen molar-refractivity contribution in [2.45, 2.75) is 25.9 Å². The average Bonchev–Trinajstić information content (AvgIpc) is 3.25. The van der Waals surface area contributed by atoms with Gasteiger partial charge in [-0.2, -0.15) is 4.98 Å². The van der Waals surface area contributed by atoms with Gasteiger partial charge in [-0.05, 0) is 25.1 Å². The molecule has 160 valence electrons. The average molecular weight is 431 g/mol. The van der Waals surface area contributed by atoms with Crippen molar-refractivity contribution in [3.8, 4) is 11.5 Å². The van der Waals surface area contributed by atoms with E-state index in [9.17, 15) is 13.6 Å². The zero-order valence-corrected chi connectivity index (χ0v) is 16.0. The third-order valence-corrected chi connectivity index (χ3v) is 5.10. The predicted octanol–water partition coefficient (Wildman–Crippen LogP) is 3.00. The molecule has 0 unspecified atom stereocenters. The number of fused-ring (bicyclic) bond motifs is 2. The van der Waals surface area contributed by atoms with Crippen molar-refractivity contribution in [3.05, 3.63) is 59.2 Å². The van der Waals surface area contributed by atoms with E-state index in [2.05, 4.69) is 15.5 Å². The molecular formula is C21H18F2N4O4. The first kappa shape index (κ1) is 16.1. The predicted molar refractivity (Wildman–Crippen MR) is 105 cm³/mol. The van der Waals surface area contributed by atoms with Crippen LogP contribution >= 0.6 is 0 Å². The third kappa shape index (κ3) is 3.76. The highest BCUT2D eigenvalue weighted by atomic mass is 19.1. The number of halogens is 2. The van der Waals surface area contributed by atoms with Crippen molar-refractivity contribution < 1.29 is 31.7 Å². The van der Waals surface area contributed by atoms with E-state index in [0.717, 1.165) is 0 Å².